The molecule has 0 saturated carbocycles. The van der Waals surface area contributed by atoms with Crippen molar-refractivity contribution in [1.82, 2.24) is 9.55 Å². The summed E-state index contributed by atoms with van der Waals surface area (Å²) in [6.45, 7) is 1.95. The highest BCUT2D eigenvalue weighted by Crippen LogP contribution is 2.34. The number of aryl methyl sites for hydroxylation is 1. The van der Waals surface area contributed by atoms with Gasteiger partial charge in [0.15, 0.2) is 0 Å². The molecule has 1 aliphatic rings. The lowest BCUT2D eigenvalue weighted by Crippen LogP contribution is -2.24. The molecule has 1 aliphatic heterocycles. The third-order valence-electron chi connectivity index (χ3n) is 6.83. The minimum absolute atomic E-state index is 0.0165. The molecule has 2 heterocycles. The summed E-state index contributed by atoms with van der Waals surface area (Å²) in [5.74, 6) is 1.98. The Morgan fingerprint density at radius 1 is 0.944 bits per heavy atom. The molecule has 0 bridgehead atoms. The molecule has 5 aromatic rings. The SMILES string of the molecule is O=C1CC(c2nc3ccccc3n2CCCOc2cccc3ccccc23)CN1c1cccc(Cl)c1. The Morgan fingerprint density at radius 3 is 2.67 bits per heavy atom. The number of anilines is 1. The number of hydrogen-bond donors (Lipinski definition) is 0. The molecular weight excluding hydrogens is 470 g/mol. The molecule has 6 rings (SSSR count). The van der Waals surface area contributed by atoms with Gasteiger partial charge in [-0.15, -0.1) is 0 Å². The number of amides is 1. The number of para-hydroxylation sites is 2. The first-order chi connectivity index (χ1) is 17.7. The summed E-state index contributed by atoms with van der Waals surface area (Å²) in [5.41, 5.74) is 2.88. The van der Waals surface area contributed by atoms with E-state index in [0.29, 0.717) is 24.6 Å². The monoisotopic (exact) mass is 495 g/mol. The number of fused-ring (bicyclic) bond motifs is 2. The van der Waals surface area contributed by atoms with Crippen LogP contribution < -0.4 is 9.64 Å². The maximum Gasteiger partial charge on any atom is 0.227 e. The van der Waals surface area contributed by atoms with Crippen LogP contribution in [0.3, 0.4) is 0 Å². The van der Waals surface area contributed by atoms with Crippen LogP contribution in [0.1, 0.15) is 24.6 Å². The Balaban J connectivity index is 1.21. The normalized spacial score (nSPS) is 15.8. The van der Waals surface area contributed by atoms with Gasteiger partial charge in [-0.25, -0.2) is 4.98 Å². The van der Waals surface area contributed by atoms with Crippen molar-refractivity contribution in [3.8, 4) is 5.75 Å². The average Bonchev–Trinajstić information content (AvgIpc) is 3.47. The van der Waals surface area contributed by atoms with E-state index in [-0.39, 0.29) is 11.8 Å². The predicted octanol–water partition coefficient (Wildman–Crippen LogP) is 6.83. The highest BCUT2D eigenvalue weighted by Gasteiger charge is 2.34. The molecule has 1 amide bonds. The lowest BCUT2D eigenvalue weighted by Gasteiger charge is -2.18. The second kappa shape index (κ2) is 9.67. The van der Waals surface area contributed by atoms with Crippen molar-refractivity contribution in [3.05, 3.63) is 102 Å². The minimum atomic E-state index is 0.0165. The number of hydrogen-bond acceptors (Lipinski definition) is 3. The Hall–Kier alpha value is -3.83. The van der Waals surface area contributed by atoms with E-state index in [1.807, 2.05) is 71.6 Å². The van der Waals surface area contributed by atoms with Crippen LogP contribution in [-0.4, -0.2) is 28.6 Å². The smallest absolute Gasteiger partial charge is 0.227 e. The van der Waals surface area contributed by atoms with E-state index in [0.717, 1.165) is 46.6 Å². The van der Waals surface area contributed by atoms with Crippen molar-refractivity contribution < 1.29 is 9.53 Å². The number of benzene rings is 4. The number of imidazole rings is 1. The van der Waals surface area contributed by atoms with Crippen LogP contribution in [0.4, 0.5) is 5.69 Å². The van der Waals surface area contributed by atoms with Gasteiger partial charge in [-0.2, -0.15) is 0 Å². The first kappa shape index (κ1) is 22.6. The summed E-state index contributed by atoms with van der Waals surface area (Å²) in [6.07, 6.45) is 1.26. The van der Waals surface area contributed by atoms with E-state index in [1.54, 1.807) is 0 Å². The fourth-order valence-corrected chi connectivity index (χ4v) is 5.33. The molecule has 0 radical (unpaired) electrons. The molecule has 0 aliphatic carbocycles. The molecule has 1 atom stereocenters. The van der Waals surface area contributed by atoms with E-state index in [2.05, 4.69) is 28.8 Å². The largest absolute Gasteiger partial charge is 0.493 e. The second-order valence-electron chi connectivity index (χ2n) is 9.17. The van der Waals surface area contributed by atoms with Crippen LogP contribution in [-0.2, 0) is 11.3 Å². The van der Waals surface area contributed by atoms with Crippen molar-refractivity contribution >= 4 is 45.0 Å². The Labute approximate surface area is 214 Å². The molecular formula is C30H26ClN3O2. The second-order valence-corrected chi connectivity index (χ2v) is 9.61. The molecule has 36 heavy (non-hydrogen) atoms. The minimum Gasteiger partial charge on any atom is -0.493 e. The van der Waals surface area contributed by atoms with Gasteiger partial charge < -0.3 is 14.2 Å². The van der Waals surface area contributed by atoms with Gasteiger partial charge in [0, 0.05) is 41.5 Å². The van der Waals surface area contributed by atoms with Crippen LogP contribution in [0.2, 0.25) is 5.02 Å². The van der Waals surface area contributed by atoms with Crippen LogP contribution >= 0.6 is 11.6 Å². The number of carbonyl (C=O) groups excluding carboxylic acids is 1. The van der Waals surface area contributed by atoms with Crippen molar-refractivity contribution in [2.24, 2.45) is 0 Å². The number of aromatic nitrogens is 2. The molecule has 1 aromatic heterocycles. The van der Waals surface area contributed by atoms with Crippen molar-refractivity contribution in [2.45, 2.75) is 25.3 Å². The molecule has 1 fully saturated rings. The molecule has 1 saturated heterocycles. The Kier molecular flexibility index (Phi) is 6.08. The van der Waals surface area contributed by atoms with Crippen molar-refractivity contribution in [3.63, 3.8) is 0 Å². The van der Waals surface area contributed by atoms with E-state index < -0.39 is 0 Å². The van der Waals surface area contributed by atoms with E-state index in [9.17, 15) is 4.79 Å². The molecule has 1 unspecified atom stereocenters. The van der Waals surface area contributed by atoms with Gasteiger partial charge in [0.1, 0.15) is 11.6 Å². The zero-order valence-corrected chi connectivity index (χ0v) is 20.6. The third kappa shape index (κ3) is 4.31. The highest BCUT2D eigenvalue weighted by molar-refractivity contribution is 6.30. The van der Waals surface area contributed by atoms with E-state index in [4.69, 9.17) is 21.3 Å². The van der Waals surface area contributed by atoms with Crippen LogP contribution in [0.15, 0.2) is 91.0 Å². The van der Waals surface area contributed by atoms with Gasteiger partial charge in [-0.05, 0) is 48.2 Å². The lowest BCUT2D eigenvalue weighted by molar-refractivity contribution is -0.117. The summed E-state index contributed by atoms with van der Waals surface area (Å²) in [4.78, 5) is 19.7. The fourth-order valence-electron chi connectivity index (χ4n) is 5.14. The Morgan fingerprint density at radius 2 is 1.75 bits per heavy atom. The topological polar surface area (TPSA) is 47.4 Å². The summed E-state index contributed by atoms with van der Waals surface area (Å²) in [6, 6.07) is 30.1. The molecule has 0 N–H and O–H groups in total. The average molecular weight is 496 g/mol. The summed E-state index contributed by atoms with van der Waals surface area (Å²) < 4.78 is 8.45. The summed E-state index contributed by atoms with van der Waals surface area (Å²) in [5, 5.41) is 2.93. The highest BCUT2D eigenvalue weighted by atomic mass is 35.5. The van der Waals surface area contributed by atoms with E-state index in [1.165, 1.54) is 5.39 Å². The third-order valence-corrected chi connectivity index (χ3v) is 7.06. The van der Waals surface area contributed by atoms with Gasteiger partial charge >= 0.3 is 0 Å². The molecule has 5 nitrogen and oxygen atoms in total. The van der Waals surface area contributed by atoms with Crippen LogP contribution in [0.25, 0.3) is 21.8 Å². The standard InChI is InChI=1S/C30H26ClN3O2/c31-23-10-6-11-24(19-23)34-20-22(18-29(34)35)30-32-26-13-3-4-14-27(26)33(30)16-7-17-36-28-15-5-9-21-8-1-2-12-25(21)28/h1-6,8-15,19,22H,7,16-18,20H2. The molecule has 6 heteroatoms. The number of nitrogens with zero attached hydrogens (tertiary/aromatic N) is 3. The maximum absolute atomic E-state index is 12.9. The number of halogens is 1. The molecule has 180 valence electrons. The lowest BCUT2D eigenvalue weighted by atomic mass is 10.1. The van der Waals surface area contributed by atoms with Gasteiger partial charge in [0.05, 0.1) is 17.6 Å². The zero-order chi connectivity index (χ0) is 24.5. The molecule has 4 aromatic carbocycles. The number of ether oxygens (including phenoxy) is 1. The van der Waals surface area contributed by atoms with Crippen molar-refractivity contribution in [2.75, 3.05) is 18.1 Å². The number of carbonyl (C=O) groups is 1. The van der Waals surface area contributed by atoms with Crippen LogP contribution in [0.5, 0.6) is 5.75 Å². The summed E-state index contributed by atoms with van der Waals surface area (Å²) in [7, 11) is 0. The maximum atomic E-state index is 12.9. The van der Waals surface area contributed by atoms with E-state index >= 15 is 0 Å². The molecule has 0 spiro atoms. The fraction of sp³-hybridized carbons (Fsp3) is 0.200. The summed E-state index contributed by atoms with van der Waals surface area (Å²) >= 11 is 6.18. The van der Waals surface area contributed by atoms with Crippen LogP contribution in [0, 0.1) is 0 Å². The van der Waals surface area contributed by atoms with Gasteiger partial charge in [-0.3, -0.25) is 4.79 Å². The van der Waals surface area contributed by atoms with Crippen molar-refractivity contribution in [1.29, 1.82) is 0 Å². The Bertz CT molecular complexity index is 1560. The quantitative estimate of drug-likeness (QED) is 0.232. The predicted molar refractivity (Wildman–Crippen MR) is 145 cm³/mol. The van der Waals surface area contributed by atoms with Gasteiger partial charge in [0.25, 0.3) is 0 Å². The van der Waals surface area contributed by atoms with Gasteiger partial charge in [-0.1, -0.05) is 66.2 Å². The first-order valence-electron chi connectivity index (χ1n) is 12.3. The zero-order valence-electron chi connectivity index (χ0n) is 19.8. The van der Waals surface area contributed by atoms with Gasteiger partial charge in [0.2, 0.25) is 5.91 Å². The number of rotatable bonds is 7. The first-order valence-corrected chi connectivity index (χ1v) is 12.7.